The van der Waals surface area contributed by atoms with E-state index >= 15 is 0 Å². The Bertz CT molecular complexity index is 416. The first-order valence-electron chi connectivity index (χ1n) is 4.85. The van der Waals surface area contributed by atoms with E-state index in [-0.39, 0.29) is 23.1 Å². The van der Waals surface area contributed by atoms with Gasteiger partial charge in [-0.15, -0.1) is 0 Å². The largest absolute Gasteiger partial charge is 0.481 e. The van der Waals surface area contributed by atoms with Crippen molar-refractivity contribution in [3.05, 3.63) is 29.3 Å². The van der Waals surface area contributed by atoms with Gasteiger partial charge < -0.3 is 5.11 Å². The van der Waals surface area contributed by atoms with Crippen molar-refractivity contribution in [3.8, 4) is 0 Å². The molecule has 0 saturated carbocycles. The number of thioether (sulfide) groups is 1. The Hall–Kier alpha value is -1.17. The van der Waals surface area contributed by atoms with E-state index in [2.05, 4.69) is 0 Å². The lowest BCUT2D eigenvalue weighted by atomic mass is 10.1. The third-order valence-corrected chi connectivity index (χ3v) is 3.00. The number of benzene rings is 1. The quantitative estimate of drug-likeness (QED) is 0.844. The molecule has 0 saturated heterocycles. The summed E-state index contributed by atoms with van der Waals surface area (Å²) in [6.07, 6.45) is 0.304. The zero-order valence-electron chi connectivity index (χ0n) is 9.04. The second-order valence-corrected chi connectivity index (χ2v) is 4.65. The number of aliphatic carboxylic acids is 1. The molecule has 0 bridgehead atoms. The monoisotopic (exact) mass is 264 g/mol. The highest BCUT2D eigenvalue weighted by atomic mass is 32.2. The van der Waals surface area contributed by atoms with Crippen LogP contribution in [0.4, 0.5) is 13.2 Å². The SMILES string of the molecule is Cc1cc(CCC(=O)O)ccc1SC(F)(F)F. The number of carboxylic acids is 1. The Morgan fingerprint density at radius 2 is 2.06 bits per heavy atom. The Morgan fingerprint density at radius 3 is 2.53 bits per heavy atom. The summed E-state index contributed by atoms with van der Waals surface area (Å²) in [5, 5.41) is 8.50. The van der Waals surface area contributed by atoms with Crippen molar-refractivity contribution in [1.29, 1.82) is 0 Å². The van der Waals surface area contributed by atoms with Gasteiger partial charge in [-0.05, 0) is 42.3 Å². The highest BCUT2D eigenvalue weighted by Gasteiger charge is 2.29. The Morgan fingerprint density at radius 1 is 1.41 bits per heavy atom. The van der Waals surface area contributed by atoms with Crippen LogP contribution in [0.25, 0.3) is 0 Å². The van der Waals surface area contributed by atoms with Crippen LogP contribution in [0.15, 0.2) is 23.1 Å². The smallest absolute Gasteiger partial charge is 0.446 e. The summed E-state index contributed by atoms with van der Waals surface area (Å²) in [5.41, 5.74) is -3.06. The summed E-state index contributed by atoms with van der Waals surface area (Å²) in [7, 11) is 0. The Kier molecular flexibility index (Phi) is 4.45. The van der Waals surface area contributed by atoms with Gasteiger partial charge in [0.15, 0.2) is 0 Å². The number of carboxylic acid groups (broad SMARTS) is 1. The molecule has 2 nitrogen and oxygen atoms in total. The fourth-order valence-corrected chi connectivity index (χ4v) is 1.96. The van der Waals surface area contributed by atoms with E-state index in [0.717, 1.165) is 5.56 Å². The highest BCUT2D eigenvalue weighted by Crippen LogP contribution is 2.38. The molecule has 1 N–H and O–H groups in total. The summed E-state index contributed by atoms with van der Waals surface area (Å²) < 4.78 is 36.5. The number of hydrogen-bond donors (Lipinski definition) is 1. The van der Waals surface area contributed by atoms with Crippen LogP contribution < -0.4 is 0 Å². The standard InChI is InChI=1S/C11H11F3O2S/c1-7-6-8(3-5-10(15)16)2-4-9(7)17-11(12,13)14/h2,4,6H,3,5H2,1H3,(H,15,16). The first-order valence-corrected chi connectivity index (χ1v) is 5.66. The topological polar surface area (TPSA) is 37.3 Å². The first-order chi connectivity index (χ1) is 7.78. The Balaban J connectivity index is 2.76. The molecule has 0 atom stereocenters. The average Bonchev–Trinajstić information content (AvgIpc) is 2.17. The molecule has 6 heteroatoms. The van der Waals surface area contributed by atoms with Crippen LogP contribution in [0.5, 0.6) is 0 Å². The molecule has 0 aliphatic carbocycles. The molecular weight excluding hydrogens is 253 g/mol. The van der Waals surface area contributed by atoms with Gasteiger partial charge in [-0.25, -0.2) is 0 Å². The molecule has 1 aromatic carbocycles. The van der Waals surface area contributed by atoms with Crippen molar-refractivity contribution in [2.75, 3.05) is 0 Å². The summed E-state index contributed by atoms with van der Waals surface area (Å²) in [6, 6.07) is 4.51. The van der Waals surface area contributed by atoms with Crippen LogP contribution in [0.1, 0.15) is 17.5 Å². The van der Waals surface area contributed by atoms with E-state index in [1.54, 1.807) is 13.0 Å². The van der Waals surface area contributed by atoms with E-state index in [1.807, 2.05) is 0 Å². The molecule has 0 aromatic heterocycles. The minimum Gasteiger partial charge on any atom is -0.481 e. The molecule has 0 heterocycles. The van der Waals surface area contributed by atoms with Crippen LogP contribution in [0.2, 0.25) is 0 Å². The fraction of sp³-hybridized carbons (Fsp3) is 0.364. The molecule has 0 spiro atoms. The van der Waals surface area contributed by atoms with Crippen molar-refractivity contribution in [2.24, 2.45) is 0 Å². The number of rotatable bonds is 4. The summed E-state index contributed by atoms with van der Waals surface area (Å²) in [4.78, 5) is 10.5. The van der Waals surface area contributed by atoms with E-state index in [9.17, 15) is 18.0 Å². The number of hydrogen-bond acceptors (Lipinski definition) is 2. The molecule has 0 fully saturated rings. The molecule has 0 aliphatic heterocycles. The van der Waals surface area contributed by atoms with Crippen LogP contribution >= 0.6 is 11.8 Å². The van der Waals surface area contributed by atoms with Gasteiger partial charge in [-0.1, -0.05) is 12.1 Å². The lowest BCUT2D eigenvalue weighted by Crippen LogP contribution is -2.01. The normalized spacial score (nSPS) is 11.5. The highest BCUT2D eigenvalue weighted by molar-refractivity contribution is 8.00. The van der Waals surface area contributed by atoms with Gasteiger partial charge in [0.05, 0.1) is 0 Å². The third kappa shape index (κ3) is 5.12. The molecule has 0 amide bonds. The van der Waals surface area contributed by atoms with Crippen molar-refractivity contribution >= 4 is 17.7 Å². The maximum absolute atomic E-state index is 12.2. The second-order valence-electron chi connectivity index (χ2n) is 3.54. The third-order valence-electron chi connectivity index (χ3n) is 2.09. The number of halogens is 3. The predicted octanol–water partition coefficient (Wildman–Crippen LogP) is 3.62. The first kappa shape index (κ1) is 13.9. The van der Waals surface area contributed by atoms with Gasteiger partial charge in [0.1, 0.15) is 0 Å². The van der Waals surface area contributed by atoms with Gasteiger partial charge in [-0.3, -0.25) is 4.79 Å². The molecule has 0 unspecified atom stereocenters. The lowest BCUT2D eigenvalue weighted by molar-refractivity contribution is -0.136. The molecule has 1 rings (SSSR count). The van der Waals surface area contributed by atoms with Gasteiger partial charge >= 0.3 is 11.5 Å². The second kappa shape index (κ2) is 5.44. The van der Waals surface area contributed by atoms with Crippen molar-refractivity contribution in [3.63, 3.8) is 0 Å². The van der Waals surface area contributed by atoms with Gasteiger partial charge in [0.25, 0.3) is 0 Å². The molecule has 0 radical (unpaired) electrons. The van der Waals surface area contributed by atoms with Gasteiger partial charge in [0.2, 0.25) is 0 Å². The minimum atomic E-state index is -4.30. The summed E-state index contributed by atoms with van der Waals surface area (Å²) in [5.74, 6) is -0.920. The van der Waals surface area contributed by atoms with Gasteiger partial charge in [-0.2, -0.15) is 13.2 Å². The minimum absolute atomic E-state index is 0.0226. The molecular formula is C11H11F3O2S. The van der Waals surface area contributed by atoms with Crippen LogP contribution in [-0.4, -0.2) is 16.6 Å². The number of aryl methyl sites for hydroxylation is 2. The lowest BCUT2D eigenvalue weighted by Gasteiger charge is -2.09. The maximum Gasteiger partial charge on any atom is 0.446 e. The van der Waals surface area contributed by atoms with E-state index in [4.69, 9.17) is 5.11 Å². The van der Waals surface area contributed by atoms with Gasteiger partial charge in [0, 0.05) is 11.3 Å². The van der Waals surface area contributed by atoms with E-state index in [1.165, 1.54) is 12.1 Å². The number of carbonyl (C=O) groups is 1. The summed E-state index contributed by atoms with van der Waals surface area (Å²) in [6.45, 7) is 1.58. The Labute approximate surface area is 101 Å². The van der Waals surface area contributed by atoms with Crippen LogP contribution in [-0.2, 0) is 11.2 Å². The molecule has 17 heavy (non-hydrogen) atoms. The molecule has 1 aromatic rings. The van der Waals surface area contributed by atoms with Crippen molar-refractivity contribution < 1.29 is 23.1 Å². The van der Waals surface area contributed by atoms with Crippen LogP contribution in [0.3, 0.4) is 0 Å². The molecule has 0 aliphatic rings. The number of alkyl halides is 3. The zero-order chi connectivity index (χ0) is 13.1. The predicted molar refractivity (Wildman–Crippen MR) is 59.0 cm³/mol. The van der Waals surface area contributed by atoms with E-state index < -0.39 is 11.5 Å². The van der Waals surface area contributed by atoms with Crippen LogP contribution in [0, 0.1) is 6.92 Å². The maximum atomic E-state index is 12.2. The average molecular weight is 264 g/mol. The van der Waals surface area contributed by atoms with Crippen molar-refractivity contribution in [1.82, 2.24) is 0 Å². The fourth-order valence-electron chi connectivity index (χ4n) is 1.36. The molecule has 94 valence electrons. The summed E-state index contributed by atoms with van der Waals surface area (Å²) >= 11 is -0.156. The zero-order valence-corrected chi connectivity index (χ0v) is 9.86. The van der Waals surface area contributed by atoms with E-state index in [0.29, 0.717) is 12.0 Å². The van der Waals surface area contributed by atoms with Crippen molar-refractivity contribution in [2.45, 2.75) is 30.2 Å².